The lowest BCUT2D eigenvalue weighted by Crippen LogP contribution is -2.51. The molecule has 2 heterocycles. The van der Waals surface area contributed by atoms with E-state index in [1.807, 2.05) is 22.4 Å². The van der Waals surface area contributed by atoms with E-state index in [9.17, 15) is 4.79 Å². The number of nitrogens with zero attached hydrogens (tertiary/aromatic N) is 2. The van der Waals surface area contributed by atoms with Crippen molar-refractivity contribution in [2.75, 3.05) is 26.2 Å². The summed E-state index contributed by atoms with van der Waals surface area (Å²) in [5, 5.41) is 1.97. The van der Waals surface area contributed by atoms with Crippen LogP contribution in [0, 0.1) is 5.92 Å². The molecule has 1 aromatic heterocycles. The van der Waals surface area contributed by atoms with Crippen LogP contribution in [-0.4, -0.2) is 47.9 Å². The van der Waals surface area contributed by atoms with Crippen molar-refractivity contribution in [2.45, 2.75) is 25.8 Å². The minimum atomic E-state index is 0.212. The van der Waals surface area contributed by atoms with Crippen LogP contribution in [0.2, 0.25) is 0 Å². The van der Waals surface area contributed by atoms with Crippen molar-refractivity contribution < 1.29 is 4.79 Å². The Morgan fingerprint density at radius 3 is 2.61 bits per heavy atom. The van der Waals surface area contributed by atoms with Gasteiger partial charge in [-0.15, -0.1) is 11.3 Å². The second-order valence-corrected chi connectivity index (χ2v) is 6.33. The molecule has 0 N–H and O–H groups in total. The van der Waals surface area contributed by atoms with Crippen molar-refractivity contribution in [1.29, 1.82) is 0 Å². The molecule has 2 fully saturated rings. The standard InChI is InChI=1S/C14H20N2OS/c1-11(12-4-5-12)15-6-8-16(9-7-15)14(17)13-3-2-10-18-13/h2-3,10-12H,4-9H2,1H3. The molecule has 4 heteroatoms. The van der Waals surface area contributed by atoms with E-state index in [2.05, 4.69) is 11.8 Å². The summed E-state index contributed by atoms with van der Waals surface area (Å²) in [5.74, 6) is 1.13. The summed E-state index contributed by atoms with van der Waals surface area (Å²) in [5.41, 5.74) is 0. The highest BCUT2D eigenvalue weighted by molar-refractivity contribution is 7.12. The third-order valence-corrected chi connectivity index (χ3v) is 5.07. The summed E-state index contributed by atoms with van der Waals surface area (Å²) in [4.78, 5) is 17.6. The Hall–Kier alpha value is -0.870. The van der Waals surface area contributed by atoms with Gasteiger partial charge in [0.25, 0.3) is 5.91 Å². The smallest absolute Gasteiger partial charge is 0.264 e. The molecule has 1 saturated carbocycles. The normalized spacial score (nSPS) is 23.1. The van der Waals surface area contributed by atoms with E-state index in [1.165, 1.54) is 12.8 Å². The highest BCUT2D eigenvalue weighted by Gasteiger charge is 2.34. The minimum absolute atomic E-state index is 0.212. The fourth-order valence-electron chi connectivity index (χ4n) is 2.77. The topological polar surface area (TPSA) is 23.6 Å². The summed E-state index contributed by atoms with van der Waals surface area (Å²) >= 11 is 1.54. The number of thiophene rings is 1. The maximum absolute atomic E-state index is 12.2. The molecule has 1 aliphatic carbocycles. The molecule has 3 rings (SSSR count). The van der Waals surface area contributed by atoms with Crippen LogP contribution in [0.5, 0.6) is 0 Å². The lowest BCUT2D eigenvalue weighted by atomic mass is 10.1. The van der Waals surface area contributed by atoms with Gasteiger partial charge in [0.05, 0.1) is 4.88 Å². The Labute approximate surface area is 112 Å². The van der Waals surface area contributed by atoms with Crippen molar-refractivity contribution in [1.82, 2.24) is 9.80 Å². The SMILES string of the molecule is CC(C1CC1)N1CCN(C(=O)c2cccs2)CC1. The average Bonchev–Trinajstić information content (AvgIpc) is 3.12. The zero-order valence-corrected chi connectivity index (χ0v) is 11.7. The maximum atomic E-state index is 12.2. The number of piperazine rings is 1. The molecule has 1 saturated heterocycles. The van der Waals surface area contributed by atoms with Crippen molar-refractivity contribution in [2.24, 2.45) is 5.92 Å². The second-order valence-electron chi connectivity index (χ2n) is 5.38. The van der Waals surface area contributed by atoms with E-state index in [1.54, 1.807) is 11.3 Å². The molecule has 2 aliphatic rings. The van der Waals surface area contributed by atoms with Gasteiger partial charge in [-0.1, -0.05) is 6.07 Å². The van der Waals surface area contributed by atoms with Crippen LogP contribution in [0.15, 0.2) is 17.5 Å². The first-order valence-electron chi connectivity index (χ1n) is 6.82. The van der Waals surface area contributed by atoms with Crippen LogP contribution in [0.3, 0.4) is 0 Å². The molecule has 0 spiro atoms. The van der Waals surface area contributed by atoms with Crippen molar-refractivity contribution in [3.8, 4) is 0 Å². The third-order valence-electron chi connectivity index (χ3n) is 4.21. The van der Waals surface area contributed by atoms with Crippen LogP contribution in [-0.2, 0) is 0 Å². The van der Waals surface area contributed by atoms with Crippen LogP contribution in [0.1, 0.15) is 29.4 Å². The molecule has 0 bridgehead atoms. The summed E-state index contributed by atoms with van der Waals surface area (Å²) in [6.45, 7) is 6.18. The first-order valence-corrected chi connectivity index (χ1v) is 7.70. The molecule has 0 aromatic carbocycles. The van der Waals surface area contributed by atoms with Gasteiger partial charge in [-0.25, -0.2) is 0 Å². The van der Waals surface area contributed by atoms with Gasteiger partial charge in [0.15, 0.2) is 0 Å². The van der Waals surface area contributed by atoms with Crippen LogP contribution in [0.4, 0.5) is 0 Å². The van der Waals surface area contributed by atoms with Crippen LogP contribution >= 0.6 is 11.3 Å². The zero-order valence-electron chi connectivity index (χ0n) is 10.8. The van der Waals surface area contributed by atoms with Gasteiger partial charge in [0, 0.05) is 32.2 Å². The fraction of sp³-hybridized carbons (Fsp3) is 0.643. The quantitative estimate of drug-likeness (QED) is 0.836. The highest BCUT2D eigenvalue weighted by Crippen LogP contribution is 2.35. The Balaban J connectivity index is 1.55. The monoisotopic (exact) mass is 264 g/mol. The van der Waals surface area contributed by atoms with Crippen molar-refractivity contribution in [3.05, 3.63) is 22.4 Å². The number of amides is 1. The van der Waals surface area contributed by atoms with Gasteiger partial charge in [-0.2, -0.15) is 0 Å². The number of hydrogen-bond acceptors (Lipinski definition) is 3. The van der Waals surface area contributed by atoms with Gasteiger partial charge >= 0.3 is 0 Å². The molecule has 3 nitrogen and oxygen atoms in total. The molecule has 1 amide bonds. The molecular formula is C14H20N2OS. The van der Waals surface area contributed by atoms with Gasteiger partial charge in [-0.05, 0) is 37.1 Å². The molecule has 0 radical (unpaired) electrons. The van der Waals surface area contributed by atoms with Crippen molar-refractivity contribution >= 4 is 17.2 Å². The zero-order chi connectivity index (χ0) is 12.5. The van der Waals surface area contributed by atoms with E-state index in [4.69, 9.17) is 0 Å². The summed E-state index contributed by atoms with van der Waals surface area (Å²) in [6, 6.07) is 4.58. The summed E-state index contributed by atoms with van der Waals surface area (Å²) < 4.78 is 0. The molecule has 1 unspecified atom stereocenters. The minimum Gasteiger partial charge on any atom is -0.335 e. The third kappa shape index (κ3) is 2.45. The second kappa shape index (κ2) is 5.02. The number of rotatable bonds is 3. The lowest BCUT2D eigenvalue weighted by molar-refractivity contribution is 0.0568. The van der Waals surface area contributed by atoms with Gasteiger partial charge in [0.2, 0.25) is 0 Å². The Kier molecular flexibility index (Phi) is 3.39. The molecular weight excluding hydrogens is 244 g/mol. The largest absolute Gasteiger partial charge is 0.335 e. The number of carbonyl (C=O) groups excluding carboxylic acids is 1. The Morgan fingerprint density at radius 2 is 2.06 bits per heavy atom. The predicted molar refractivity (Wildman–Crippen MR) is 74.0 cm³/mol. The first kappa shape index (κ1) is 12.2. The van der Waals surface area contributed by atoms with E-state index < -0.39 is 0 Å². The highest BCUT2D eigenvalue weighted by atomic mass is 32.1. The molecule has 18 heavy (non-hydrogen) atoms. The molecule has 1 aliphatic heterocycles. The van der Waals surface area contributed by atoms with Gasteiger partial charge in [0.1, 0.15) is 0 Å². The summed E-state index contributed by atoms with van der Waals surface area (Å²) in [6.07, 6.45) is 2.80. The molecule has 1 aromatic rings. The van der Waals surface area contributed by atoms with E-state index in [0.717, 1.165) is 37.0 Å². The summed E-state index contributed by atoms with van der Waals surface area (Å²) in [7, 11) is 0. The molecule has 98 valence electrons. The van der Waals surface area contributed by atoms with Crippen molar-refractivity contribution in [3.63, 3.8) is 0 Å². The number of hydrogen-bond donors (Lipinski definition) is 0. The predicted octanol–water partition coefficient (Wildman–Crippen LogP) is 2.30. The Bertz CT molecular complexity index is 405. The van der Waals surface area contributed by atoms with E-state index in [0.29, 0.717) is 6.04 Å². The first-order chi connectivity index (χ1) is 8.75. The lowest BCUT2D eigenvalue weighted by Gasteiger charge is -2.38. The fourth-order valence-corrected chi connectivity index (χ4v) is 3.46. The Morgan fingerprint density at radius 1 is 1.33 bits per heavy atom. The van der Waals surface area contributed by atoms with Gasteiger partial charge in [-0.3, -0.25) is 9.69 Å². The number of carbonyl (C=O) groups is 1. The molecule has 1 atom stereocenters. The van der Waals surface area contributed by atoms with E-state index in [-0.39, 0.29) is 5.91 Å². The van der Waals surface area contributed by atoms with Crippen LogP contribution < -0.4 is 0 Å². The maximum Gasteiger partial charge on any atom is 0.264 e. The van der Waals surface area contributed by atoms with Gasteiger partial charge < -0.3 is 4.90 Å². The van der Waals surface area contributed by atoms with E-state index >= 15 is 0 Å². The average molecular weight is 264 g/mol. The van der Waals surface area contributed by atoms with Crippen LogP contribution in [0.25, 0.3) is 0 Å².